The van der Waals surface area contributed by atoms with E-state index in [2.05, 4.69) is 17.1 Å². The zero-order valence-electron chi connectivity index (χ0n) is 10.4. The van der Waals surface area contributed by atoms with Crippen molar-refractivity contribution in [1.82, 2.24) is 10.5 Å². The van der Waals surface area contributed by atoms with E-state index in [1.807, 2.05) is 20.8 Å². The normalized spacial score (nSPS) is 11.2. The second-order valence-corrected chi connectivity index (χ2v) is 4.61. The largest absolute Gasteiger partial charge is 0.368 e. The Hall–Kier alpha value is -1.62. The fourth-order valence-corrected chi connectivity index (χ4v) is 1.04. The van der Waals surface area contributed by atoms with Crippen molar-refractivity contribution in [3.63, 3.8) is 0 Å². The number of rotatable bonds is 5. The molecule has 0 aliphatic carbocycles. The van der Waals surface area contributed by atoms with Crippen molar-refractivity contribution < 1.29 is 14.1 Å². The van der Waals surface area contributed by atoms with E-state index in [9.17, 15) is 4.79 Å². The molecular formula is C12H18N2O3. The molecule has 0 spiro atoms. The lowest BCUT2D eigenvalue weighted by Gasteiger charge is -2.17. The van der Waals surface area contributed by atoms with Crippen LogP contribution in [-0.2, 0) is 22.7 Å². The van der Waals surface area contributed by atoms with Gasteiger partial charge in [-0.1, -0.05) is 11.7 Å². The van der Waals surface area contributed by atoms with Crippen LogP contribution < -0.4 is 5.32 Å². The number of nitrogens with one attached hydrogen (secondary N) is 1. The Balaban J connectivity index is 2.42. The number of nitrogens with zero attached hydrogens (tertiary/aromatic N) is 1. The summed E-state index contributed by atoms with van der Waals surface area (Å²) < 4.78 is 10.6. The fourth-order valence-electron chi connectivity index (χ4n) is 1.04. The molecule has 0 aromatic carbocycles. The molecule has 17 heavy (non-hydrogen) atoms. The van der Waals surface area contributed by atoms with E-state index in [1.54, 1.807) is 6.07 Å². The van der Waals surface area contributed by atoms with Crippen LogP contribution in [0.3, 0.4) is 0 Å². The molecule has 5 nitrogen and oxygen atoms in total. The Morgan fingerprint density at radius 3 is 2.94 bits per heavy atom. The lowest BCUT2D eigenvalue weighted by Crippen LogP contribution is -2.20. The molecule has 1 rings (SSSR count). The van der Waals surface area contributed by atoms with E-state index in [0.717, 1.165) is 0 Å². The van der Waals surface area contributed by atoms with Gasteiger partial charge in [0.05, 0.1) is 12.1 Å². The van der Waals surface area contributed by atoms with Crippen LogP contribution >= 0.6 is 0 Å². The smallest absolute Gasteiger partial charge is 0.243 e. The van der Waals surface area contributed by atoms with Crippen LogP contribution in [0, 0.1) is 0 Å². The summed E-state index contributed by atoms with van der Waals surface area (Å²) in [6.07, 6.45) is 1.21. The molecule has 0 aliphatic rings. The van der Waals surface area contributed by atoms with E-state index in [1.165, 1.54) is 6.08 Å². The SMILES string of the molecule is C=CC(=O)NCc1cc(COC(C)(C)C)on1. The zero-order valence-corrected chi connectivity index (χ0v) is 10.4. The third-order valence-corrected chi connectivity index (χ3v) is 1.88. The number of ether oxygens (including phenoxy) is 1. The van der Waals surface area contributed by atoms with Gasteiger partial charge < -0.3 is 14.6 Å². The highest BCUT2D eigenvalue weighted by Gasteiger charge is 2.12. The van der Waals surface area contributed by atoms with Gasteiger partial charge in [0.15, 0.2) is 5.76 Å². The van der Waals surface area contributed by atoms with Gasteiger partial charge in [0.25, 0.3) is 0 Å². The third kappa shape index (κ3) is 5.31. The number of carbonyl (C=O) groups is 1. The van der Waals surface area contributed by atoms with Crippen LogP contribution in [0.5, 0.6) is 0 Å². The van der Waals surface area contributed by atoms with Gasteiger partial charge in [-0.15, -0.1) is 0 Å². The van der Waals surface area contributed by atoms with Gasteiger partial charge in [-0.25, -0.2) is 0 Å². The van der Waals surface area contributed by atoms with Crippen LogP contribution in [0.25, 0.3) is 0 Å². The molecule has 0 bridgehead atoms. The Kier molecular flexibility index (Phi) is 4.45. The van der Waals surface area contributed by atoms with Crippen molar-refractivity contribution >= 4 is 5.91 Å². The molecule has 0 saturated heterocycles. The van der Waals surface area contributed by atoms with Crippen LogP contribution in [0.1, 0.15) is 32.2 Å². The predicted molar refractivity (Wildman–Crippen MR) is 63.1 cm³/mol. The molecule has 1 aromatic heterocycles. The van der Waals surface area contributed by atoms with Crippen molar-refractivity contribution in [2.45, 2.75) is 39.5 Å². The minimum Gasteiger partial charge on any atom is -0.368 e. The highest BCUT2D eigenvalue weighted by atomic mass is 16.5. The summed E-state index contributed by atoms with van der Waals surface area (Å²) in [7, 11) is 0. The van der Waals surface area contributed by atoms with E-state index < -0.39 is 0 Å². The van der Waals surface area contributed by atoms with E-state index in [4.69, 9.17) is 9.26 Å². The van der Waals surface area contributed by atoms with Gasteiger partial charge >= 0.3 is 0 Å². The zero-order chi connectivity index (χ0) is 12.9. The first-order valence-corrected chi connectivity index (χ1v) is 5.39. The first-order valence-electron chi connectivity index (χ1n) is 5.39. The molecule has 0 radical (unpaired) electrons. The van der Waals surface area contributed by atoms with Gasteiger partial charge in [-0.3, -0.25) is 4.79 Å². The topological polar surface area (TPSA) is 64.4 Å². The summed E-state index contributed by atoms with van der Waals surface area (Å²) in [4.78, 5) is 10.9. The van der Waals surface area contributed by atoms with Crippen molar-refractivity contribution in [3.8, 4) is 0 Å². The average molecular weight is 238 g/mol. The summed E-state index contributed by atoms with van der Waals surface area (Å²) >= 11 is 0. The van der Waals surface area contributed by atoms with Crippen molar-refractivity contribution in [2.24, 2.45) is 0 Å². The molecule has 0 saturated carbocycles. The first-order chi connectivity index (χ1) is 7.90. The van der Waals surface area contributed by atoms with E-state index in [-0.39, 0.29) is 11.5 Å². The highest BCUT2D eigenvalue weighted by molar-refractivity contribution is 5.86. The van der Waals surface area contributed by atoms with Crippen molar-refractivity contribution in [2.75, 3.05) is 0 Å². The Morgan fingerprint density at radius 2 is 2.35 bits per heavy atom. The molecule has 1 heterocycles. The molecule has 0 aliphatic heterocycles. The number of hydrogen-bond acceptors (Lipinski definition) is 4. The summed E-state index contributed by atoms with van der Waals surface area (Å²) in [5, 5.41) is 6.43. The van der Waals surface area contributed by atoms with Gasteiger partial charge in [0.1, 0.15) is 12.3 Å². The second-order valence-electron chi connectivity index (χ2n) is 4.61. The van der Waals surface area contributed by atoms with Crippen LogP contribution in [0.15, 0.2) is 23.2 Å². The number of aromatic nitrogens is 1. The number of hydrogen-bond donors (Lipinski definition) is 1. The molecule has 94 valence electrons. The fraction of sp³-hybridized carbons (Fsp3) is 0.500. The third-order valence-electron chi connectivity index (χ3n) is 1.88. The maximum atomic E-state index is 10.9. The quantitative estimate of drug-likeness (QED) is 0.794. The summed E-state index contributed by atoms with van der Waals surface area (Å²) in [6.45, 7) is 9.95. The Bertz CT molecular complexity index is 391. The predicted octanol–water partition coefficient (Wildman–Crippen LogP) is 1.79. The minimum absolute atomic E-state index is 0.218. The first kappa shape index (κ1) is 13.4. The summed E-state index contributed by atoms with van der Waals surface area (Å²) in [5.74, 6) is 0.406. The van der Waals surface area contributed by atoms with Crippen LogP contribution in [0.4, 0.5) is 0 Å². The Morgan fingerprint density at radius 1 is 1.65 bits per heavy atom. The maximum absolute atomic E-state index is 10.9. The van der Waals surface area contributed by atoms with Gasteiger partial charge in [0.2, 0.25) is 5.91 Å². The summed E-state index contributed by atoms with van der Waals surface area (Å²) in [5.41, 5.74) is 0.442. The molecule has 1 aromatic rings. The molecule has 1 N–H and O–H groups in total. The lowest BCUT2D eigenvalue weighted by molar-refractivity contribution is -0.116. The molecular weight excluding hydrogens is 220 g/mol. The monoisotopic (exact) mass is 238 g/mol. The van der Waals surface area contributed by atoms with Gasteiger partial charge in [-0.05, 0) is 26.8 Å². The average Bonchev–Trinajstić information content (AvgIpc) is 2.70. The maximum Gasteiger partial charge on any atom is 0.243 e. The molecule has 0 fully saturated rings. The molecule has 0 unspecified atom stereocenters. The van der Waals surface area contributed by atoms with Gasteiger partial charge in [0, 0.05) is 6.07 Å². The van der Waals surface area contributed by atoms with E-state index >= 15 is 0 Å². The van der Waals surface area contributed by atoms with Crippen molar-refractivity contribution in [3.05, 3.63) is 30.2 Å². The molecule has 0 atom stereocenters. The van der Waals surface area contributed by atoms with Crippen molar-refractivity contribution in [1.29, 1.82) is 0 Å². The number of carbonyl (C=O) groups excluding carboxylic acids is 1. The lowest BCUT2D eigenvalue weighted by atomic mass is 10.2. The Labute approximate surface area is 101 Å². The van der Waals surface area contributed by atoms with Gasteiger partial charge in [-0.2, -0.15) is 0 Å². The second kappa shape index (κ2) is 5.63. The van der Waals surface area contributed by atoms with Crippen LogP contribution in [0.2, 0.25) is 0 Å². The summed E-state index contributed by atoms with van der Waals surface area (Å²) in [6, 6.07) is 1.76. The molecule has 5 heteroatoms. The standard InChI is InChI=1S/C12H18N2O3/c1-5-11(15)13-7-9-6-10(17-14-9)8-16-12(2,3)4/h5-6H,1,7-8H2,2-4H3,(H,13,15). The van der Waals surface area contributed by atoms with E-state index in [0.29, 0.717) is 24.6 Å². The minimum atomic E-state index is -0.236. The number of amides is 1. The van der Waals surface area contributed by atoms with Crippen LogP contribution in [-0.4, -0.2) is 16.7 Å². The molecule has 1 amide bonds. The highest BCUT2D eigenvalue weighted by Crippen LogP contribution is 2.12.